The van der Waals surface area contributed by atoms with E-state index in [1.807, 2.05) is 6.92 Å². The number of aryl methyl sites for hydroxylation is 2. The number of hydrogen-bond acceptors (Lipinski definition) is 0. The maximum Gasteiger partial charge on any atom is 0.416 e. The third kappa shape index (κ3) is 2.50. The van der Waals surface area contributed by atoms with Gasteiger partial charge in [0.05, 0.1) is 5.56 Å². The van der Waals surface area contributed by atoms with Gasteiger partial charge in [0.25, 0.3) is 0 Å². The summed E-state index contributed by atoms with van der Waals surface area (Å²) in [5.74, 6) is 0. The Bertz CT molecular complexity index is 313. The van der Waals surface area contributed by atoms with Crippen LogP contribution in [0.5, 0.6) is 0 Å². The number of alkyl halides is 3. The summed E-state index contributed by atoms with van der Waals surface area (Å²) in [6.45, 7) is 3.51. The van der Waals surface area contributed by atoms with Crippen LogP contribution in [0.15, 0.2) is 18.2 Å². The van der Waals surface area contributed by atoms with Gasteiger partial charge < -0.3 is 0 Å². The summed E-state index contributed by atoms with van der Waals surface area (Å²) in [5, 5.41) is 0. The van der Waals surface area contributed by atoms with E-state index in [1.54, 1.807) is 12.1 Å². The minimum Gasteiger partial charge on any atom is -0.166 e. The van der Waals surface area contributed by atoms with Gasteiger partial charge in [-0.1, -0.05) is 25.5 Å². The first kappa shape index (κ1) is 11.1. The number of rotatable bonds is 2. The first-order valence-corrected chi connectivity index (χ1v) is 4.62. The summed E-state index contributed by atoms with van der Waals surface area (Å²) in [6, 6.07) is 4.34. The van der Waals surface area contributed by atoms with Crippen molar-refractivity contribution >= 4 is 0 Å². The van der Waals surface area contributed by atoms with Gasteiger partial charge in [0.1, 0.15) is 0 Å². The number of benzene rings is 1. The van der Waals surface area contributed by atoms with E-state index in [2.05, 4.69) is 0 Å². The first-order valence-electron chi connectivity index (χ1n) is 4.62. The molecule has 78 valence electrons. The van der Waals surface area contributed by atoms with Crippen molar-refractivity contribution in [3.63, 3.8) is 0 Å². The fourth-order valence-corrected chi connectivity index (χ4v) is 1.49. The summed E-state index contributed by atoms with van der Waals surface area (Å²) in [5.41, 5.74) is 0.749. The van der Waals surface area contributed by atoms with E-state index in [-0.39, 0.29) is 0 Å². The molecule has 0 aromatic heterocycles. The molecule has 0 aliphatic carbocycles. The van der Waals surface area contributed by atoms with Crippen LogP contribution in [0, 0.1) is 6.92 Å². The summed E-state index contributed by atoms with van der Waals surface area (Å²) < 4.78 is 37.1. The predicted molar refractivity (Wildman–Crippen MR) is 50.2 cm³/mol. The van der Waals surface area contributed by atoms with Crippen molar-refractivity contribution in [2.45, 2.75) is 32.9 Å². The molecule has 14 heavy (non-hydrogen) atoms. The van der Waals surface area contributed by atoms with Gasteiger partial charge in [-0.15, -0.1) is 0 Å². The third-order valence-electron chi connectivity index (χ3n) is 2.13. The highest BCUT2D eigenvalue weighted by Crippen LogP contribution is 2.32. The van der Waals surface area contributed by atoms with Crippen LogP contribution in [-0.4, -0.2) is 0 Å². The Kier molecular flexibility index (Phi) is 3.19. The first-order chi connectivity index (χ1) is 6.45. The van der Waals surface area contributed by atoms with Gasteiger partial charge in [-0.3, -0.25) is 0 Å². The lowest BCUT2D eigenvalue weighted by Gasteiger charge is -2.11. The quantitative estimate of drug-likeness (QED) is 0.680. The van der Waals surface area contributed by atoms with Crippen molar-refractivity contribution in [2.24, 2.45) is 0 Å². The van der Waals surface area contributed by atoms with E-state index >= 15 is 0 Å². The lowest BCUT2D eigenvalue weighted by atomic mass is 10.0. The van der Waals surface area contributed by atoms with Gasteiger partial charge in [-0.25, -0.2) is 0 Å². The van der Waals surface area contributed by atoms with E-state index in [0.717, 1.165) is 18.4 Å². The summed E-state index contributed by atoms with van der Waals surface area (Å²) in [4.78, 5) is 0. The maximum atomic E-state index is 12.4. The Hall–Kier alpha value is -0.990. The molecule has 1 rings (SSSR count). The molecule has 0 spiro atoms. The second kappa shape index (κ2) is 4.03. The Morgan fingerprint density at radius 3 is 2.29 bits per heavy atom. The highest BCUT2D eigenvalue weighted by atomic mass is 19.4. The van der Waals surface area contributed by atoms with Crippen LogP contribution in [0.2, 0.25) is 0 Å². The molecule has 0 unspecified atom stereocenters. The molecule has 0 bridgehead atoms. The van der Waals surface area contributed by atoms with Gasteiger partial charge >= 0.3 is 6.18 Å². The molecule has 0 N–H and O–H groups in total. The molecular weight excluding hydrogens is 189 g/mol. The van der Waals surface area contributed by atoms with Crippen molar-refractivity contribution in [3.8, 4) is 0 Å². The number of hydrogen-bond donors (Lipinski definition) is 0. The van der Waals surface area contributed by atoms with Crippen LogP contribution in [0.4, 0.5) is 13.2 Å². The molecule has 0 saturated carbocycles. The minimum absolute atomic E-state index is 0.309. The third-order valence-corrected chi connectivity index (χ3v) is 2.13. The second-order valence-corrected chi connectivity index (χ2v) is 3.40. The van der Waals surface area contributed by atoms with E-state index in [9.17, 15) is 13.2 Å². The SMILES string of the molecule is CCCc1ccc(C(F)(F)F)c(C)c1. The highest BCUT2D eigenvalue weighted by molar-refractivity contribution is 5.33. The zero-order valence-electron chi connectivity index (χ0n) is 8.28. The van der Waals surface area contributed by atoms with E-state index in [1.165, 1.54) is 13.0 Å². The van der Waals surface area contributed by atoms with E-state index < -0.39 is 11.7 Å². The molecule has 0 amide bonds. The Balaban J connectivity index is 3.02. The lowest BCUT2D eigenvalue weighted by molar-refractivity contribution is -0.138. The molecular formula is C11H13F3. The topological polar surface area (TPSA) is 0 Å². The summed E-state index contributed by atoms with van der Waals surface area (Å²) in [7, 11) is 0. The van der Waals surface area contributed by atoms with Crippen molar-refractivity contribution < 1.29 is 13.2 Å². The molecule has 0 saturated heterocycles. The minimum atomic E-state index is -4.23. The normalized spacial score (nSPS) is 11.8. The highest BCUT2D eigenvalue weighted by Gasteiger charge is 2.31. The van der Waals surface area contributed by atoms with Crippen LogP contribution in [0.1, 0.15) is 30.0 Å². The second-order valence-electron chi connectivity index (χ2n) is 3.40. The largest absolute Gasteiger partial charge is 0.416 e. The molecule has 0 atom stereocenters. The lowest BCUT2D eigenvalue weighted by Crippen LogP contribution is -2.07. The zero-order valence-corrected chi connectivity index (χ0v) is 8.28. The molecule has 0 heterocycles. The molecule has 1 aromatic rings. The zero-order chi connectivity index (χ0) is 10.8. The van der Waals surface area contributed by atoms with Gasteiger partial charge in [-0.05, 0) is 30.5 Å². The summed E-state index contributed by atoms with van der Waals surface area (Å²) in [6.07, 6.45) is -2.45. The fourth-order valence-electron chi connectivity index (χ4n) is 1.49. The van der Waals surface area contributed by atoms with Crippen molar-refractivity contribution in [1.82, 2.24) is 0 Å². The van der Waals surface area contributed by atoms with Gasteiger partial charge in [0.15, 0.2) is 0 Å². The number of halogens is 3. The van der Waals surface area contributed by atoms with Gasteiger partial charge in [0, 0.05) is 0 Å². The monoisotopic (exact) mass is 202 g/mol. The molecule has 0 fully saturated rings. The van der Waals surface area contributed by atoms with Gasteiger partial charge in [0.2, 0.25) is 0 Å². The molecule has 3 heteroatoms. The Morgan fingerprint density at radius 2 is 1.86 bits per heavy atom. The van der Waals surface area contributed by atoms with E-state index in [4.69, 9.17) is 0 Å². The van der Waals surface area contributed by atoms with Crippen molar-refractivity contribution in [2.75, 3.05) is 0 Å². The van der Waals surface area contributed by atoms with Crippen molar-refractivity contribution in [1.29, 1.82) is 0 Å². The van der Waals surface area contributed by atoms with Gasteiger partial charge in [-0.2, -0.15) is 13.2 Å². The van der Waals surface area contributed by atoms with Crippen LogP contribution in [-0.2, 0) is 12.6 Å². The smallest absolute Gasteiger partial charge is 0.166 e. The Labute approximate surface area is 81.8 Å². The molecule has 0 radical (unpaired) electrons. The van der Waals surface area contributed by atoms with Crippen LogP contribution in [0.3, 0.4) is 0 Å². The van der Waals surface area contributed by atoms with E-state index in [0.29, 0.717) is 5.56 Å². The van der Waals surface area contributed by atoms with Crippen LogP contribution >= 0.6 is 0 Å². The Morgan fingerprint density at radius 1 is 1.21 bits per heavy atom. The van der Waals surface area contributed by atoms with Crippen LogP contribution in [0.25, 0.3) is 0 Å². The predicted octanol–water partition coefficient (Wildman–Crippen LogP) is 3.97. The average Bonchev–Trinajstić information content (AvgIpc) is 2.02. The molecule has 1 aromatic carbocycles. The molecule has 0 aliphatic rings. The summed E-state index contributed by atoms with van der Waals surface area (Å²) >= 11 is 0. The molecule has 0 nitrogen and oxygen atoms in total. The van der Waals surface area contributed by atoms with Crippen molar-refractivity contribution in [3.05, 3.63) is 34.9 Å². The van der Waals surface area contributed by atoms with Crippen LogP contribution < -0.4 is 0 Å². The standard InChI is InChI=1S/C11H13F3/c1-3-4-9-5-6-10(8(2)7-9)11(12,13)14/h5-7H,3-4H2,1-2H3. The average molecular weight is 202 g/mol. The fraction of sp³-hybridized carbons (Fsp3) is 0.455. The maximum absolute atomic E-state index is 12.4. The molecule has 0 aliphatic heterocycles.